The van der Waals surface area contributed by atoms with Gasteiger partial charge in [0.15, 0.2) is 0 Å². The second kappa shape index (κ2) is 6.39. The Balaban J connectivity index is 1.76. The first-order valence-corrected chi connectivity index (χ1v) is 8.29. The zero-order valence-electron chi connectivity index (χ0n) is 13.0. The number of rotatable bonds is 4. The molecule has 22 heavy (non-hydrogen) atoms. The zero-order chi connectivity index (χ0) is 15.5. The summed E-state index contributed by atoms with van der Waals surface area (Å²) in [6.07, 6.45) is 5.06. The van der Waals surface area contributed by atoms with Crippen LogP contribution in [0, 0.1) is 0 Å². The molecule has 0 atom stereocenters. The molecule has 1 aliphatic carbocycles. The van der Waals surface area contributed by atoms with E-state index in [4.69, 9.17) is 4.74 Å². The minimum atomic E-state index is -0.710. The van der Waals surface area contributed by atoms with E-state index in [-0.39, 0.29) is 5.91 Å². The molecule has 3 rings (SSSR count). The highest BCUT2D eigenvalue weighted by Gasteiger charge is 2.42. The van der Waals surface area contributed by atoms with Crippen LogP contribution in [0.4, 0.5) is 0 Å². The number of benzene rings is 1. The molecular weight excluding hydrogens is 278 g/mol. The predicted molar refractivity (Wildman–Crippen MR) is 84.6 cm³/mol. The lowest BCUT2D eigenvalue weighted by atomic mass is 9.73. The lowest BCUT2D eigenvalue weighted by Crippen LogP contribution is -2.51. The molecule has 4 nitrogen and oxygen atoms in total. The molecule has 1 aromatic carbocycles. The van der Waals surface area contributed by atoms with Crippen molar-refractivity contribution in [3.05, 3.63) is 35.9 Å². The largest absolute Gasteiger partial charge is 0.388 e. The second-order valence-electron chi connectivity index (χ2n) is 6.67. The number of carbonyl (C=O) groups excluding carboxylic acids is 1. The number of aliphatic hydroxyl groups is 1. The molecule has 2 aliphatic rings. The molecule has 1 saturated carbocycles. The molecule has 2 fully saturated rings. The summed E-state index contributed by atoms with van der Waals surface area (Å²) in [6.45, 7) is 1.57. The highest BCUT2D eigenvalue weighted by Crippen LogP contribution is 2.35. The van der Waals surface area contributed by atoms with Crippen molar-refractivity contribution in [2.45, 2.75) is 49.5 Å². The molecule has 0 aromatic heterocycles. The maximum absolute atomic E-state index is 12.9. The average molecular weight is 303 g/mol. The fourth-order valence-electron chi connectivity index (χ4n) is 3.75. The molecule has 1 aliphatic heterocycles. The number of ether oxygens (including phenoxy) is 1. The summed E-state index contributed by atoms with van der Waals surface area (Å²) in [6, 6.07) is 9.97. The molecule has 1 heterocycles. The van der Waals surface area contributed by atoms with Gasteiger partial charge < -0.3 is 15.2 Å². The van der Waals surface area contributed by atoms with Crippen molar-refractivity contribution < 1.29 is 14.6 Å². The lowest BCUT2D eigenvalue weighted by Gasteiger charge is -2.37. The van der Waals surface area contributed by atoms with E-state index >= 15 is 0 Å². The number of nitrogens with one attached hydrogen (secondary N) is 1. The Labute approximate surface area is 131 Å². The van der Waals surface area contributed by atoms with Crippen molar-refractivity contribution in [2.24, 2.45) is 0 Å². The van der Waals surface area contributed by atoms with Crippen molar-refractivity contribution in [3.8, 4) is 0 Å². The molecule has 0 radical (unpaired) electrons. The van der Waals surface area contributed by atoms with Crippen LogP contribution in [0.1, 0.15) is 44.1 Å². The third-order valence-corrected chi connectivity index (χ3v) is 5.22. The first-order valence-electron chi connectivity index (χ1n) is 8.29. The van der Waals surface area contributed by atoms with Crippen molar-refractivity contribution >= 4 is 5.91 Å². The molecular formula is C18H25NO3. The molecule has 2 N–H and O–H groups in total. The fraction of sp³-hybridized carbons (Fsp3) is 0.611. The van der Waals surface area contributed by atoms with Crippen LogP contribution in [0.2, 0.25) is 0 Å². The van der Waals surface area contributed by atoms with E-state index in [2.05, 4.69) is 5.32 Å². The van der Waals surface area contributed by atoms with E-state index in [1.807, 2.05) is 30.3 Å². The Hall–Kier alpha value is -1.39. The van der Waals surface area contributed by atoms with Crippen LogP contribution in [0.25, 0.3) is 0 Å². The molecule has 4 heteroatoms. The van der Waals surface area contributed by atoms with Gasteiger partial charge in [-0.3, -0.25) is 4.79 Å². The van der Waals surface area contributed by atoms with E-state index in [0.717, 1.165) is 31.2 Å². The van der Waals surface area contributed by atoms with E-state index in [0.29, 0.717) is 32.6 Å². The Bertz CT molecular complexity index is 502. The fourth-order valence-corrected chi connectivity index (χ4v) is 3.75. The quantitative estimate of drug-likeness (QED) is 0.896. The van der Waals surface area contributed by atoms with E-state index in [9.17, 15) is 9.90 Å². The predicted octanol–water partition coefficient (Wildman–Crippen LogP) is 2.16. The van der Waals surface area contributed by atoms with Crippen molar-refractivity contribution in [1.29, 1.82) is 0 Å². The van der Waals surface area contributed by atoms with Gasteiger partial charge in [-0.1, -0.05) is 43.2 Å². The monoisotopic (exact) mass is 303 g/mol. The summed E-state index contributed by atoms with van der Waals surface area (Å²) in [5.74, 6) is 0.0299. The van der Waals surface area contributed by atoms with Crippen LogP contribution < -0.4 is 5.32 Å². The van der Waals surface area contributed by atoms with Crippen molar-refractivity contribution in [2.75, 3.05) is 19.8 Å². The first kappa shape index (κ1) is 15.5. The summed E-state index contributed by atoms with van der Waals surface area (Å²) in [7, 11) is 0. The standard InChI is InChI=1S/C18H25NO3/c20-16(19-14-17(21)8-4-5-9-17)18(10-12-22-13-11-18)15-6-2-1-3-7-15/h1-3,6-7,21H,4-5,8-14H2,(H,19,20). The maximum Gasteiger partial charge on any atom is 0.230 e. The van der Waals surface area contributed by atoms with Crippen molar-refractivity contribution in [1.82, 2.24) is 5.32 Å². The first-order chi connectivity index (χ1) is 10.6. The van der Waals surface area contributed by atoms with Crippen LogP contribution in [0.5, 0.6) is 0 Å². The Morgan fingerprint density at radius 2 is 1.73 bits per heavy atom. The number of hydrogen-bond acceptors (Lipinski definition) is 3. The highest BCUT2D eigenvalue weighted by molar-refractivity contribution is 5.88. The van der Waals surface area contributed by atoms with Gasteiger partial charge in [-0.05, 0) is 31.2 Å². The summed E-state index contributed by atoms with van der Waals surface area (Å²) in [5.41, 5.74) is -0.179. The molecule has 1 amide bonds. The molecule has 0 bridgehead atoms. The number of hydrogen-bond donors (Lipinski definition) is 2. The Kier molecular flexibility index (Phi) is 4.50. The van der Waals surface area contributed by atoms with Gasteiger partial charge in [0, 0.05) is 19.8 Å². The lowest BCUT2D eigenvalue weighted by molar-refractivity contribution is -0.131. The summed E-state index contributed by atoms with van der Waals surface area (Å²) in [5, 5.41) is 13.5. The van der Waals surface area contributed by atoms with E-state index in [1.54, 1.807) is 0 Å². The van der Waals surface area contributed by atoms with Crippen LogP contribution in [-0.4, -0.2) is 36.4 Å². The SMILES string of the molecule is O=C(NCC1(O)CCCC1)C1(c2ccccc2)CCOCC1. The van der Waals surface area contributed by atoms with Crippen LogP contribution in [-0.2, 0) is 14.9 Å². The van der Waals surface area contributed by atoms with Crippen LogP contribution >= 0.6 is 0 Å². The number of carbonyl (C=O) groups is 1. The molecule has 1 saturated heterocycles. The summed E-state index contributed by atoms with van der Waals surface area (Å²) < 4.78 is 5.46. The third-order valence-electron chi connectivity index (χ3n) is 5.22. The molecule has 0 unspecified atom stereocenters. The van der Waals surface area contributed by atoms with Gasteiger partial charge >= 0.3 is 0 Å². The smallest absolute Gasteiger partial charge is 0.230 e. The summed E-state index contributed by atoms with van der Waals surface area (Å²) in [4.78, 5) is 12.9. The van der Waals surface area contributed by atoms with E-state index in [1.165, 1.54) is 0 Å². The van der Waals surface area contributed by atoms with Gasteiger partial charge in [0.25, 0.3) is 0 Å². The number of amides is 1. The Morgan fingerprint density at radius 3 is 2.36 bits per heavy atom. The van der Waals surface area contributed by atoms with Gasteiger partial charge in [-0.2, -0.15) is 0 Å². The molecule has 0 spiro atoms. The van der Waals surface area contributed by atoms with Crippen LogP contribution in [0.15, 0.2) is 30.3 Å². The Morgan fingerprint density at radius 1 is 1.09 bits per heavy atom. The van der Waals surface area contributed by atoms with Crippen molar-refractivity contribution in [3.63, 3.8) is 0 Å². The average Bonchev–Trinajstić information content (AvgIpc) is 3.01. The normalized spacial score (nSPS) is 23.1. The van der Waals surface area contributed by atoms with E-state index < -0.39 is 11.0 Å². The third kappa shape index (κ3) is 3.03. The summed E-state index contributed by atoms with van der Waals surface area (Å²) >= 11 is 0. The van der Waals surface area contributed by atoms with Gasteiger partial charge in [-0.15, -0.1) is 0 Å². The highest BCUT2D eigenvalue weighted by atomic mass is 16.5. The molecule has 120 valence electrons. The minimum absolute atomic E-state index is 0.0299. The maximum atomic E-state index is 12.9. The van der Waals surface area contributed by atoms with Gasteiger partial charge in [0.2, 0.25) is 5.91 Å². The zero-order valence-corrected chi connectivity index (χ0v) is 13.0. The topological polar surface area (TPSA) is 58.6 Å². The van der Waals surface area contributed by atoms with Gasteiger partial charge in [-0.25, -0.2) is 0 Å². The molecule has 1 aromatic rings. The second-order valence-corrected chi connectivity index (χ2v) is 6.67. The van der Waals surface area contributed by atoms with Gasteiger partial charge in [0.05, 0.1) is 11.0 Å². The van der Waals surface area contributed by atoms with Crippen LogP contribution in [0.3, 0.4) is 0 Å². The minimum Gasteiger partial charge on any atom is -0.388 e. The van der Waals surface area contributed by atoms with Gasteiger partial charge in [0.1, 0.15) is 0 Å².